The second kappa shape index (κ2) is 4.46. The van der Waals surface area contributed by atoms with Crippen LogP contribution >= 0.6 is 0 Å². The summed E-state index contributed by atoms with van der Waals surface area (Å²) in [6, 6.07) is 6.78. The normalized spacial score (nSPS) is 21.2. The van der Waals surface area contributed by atoms with Crippen molar-refractivity contribution >= 4 is 0 Å². The molecule has 2 heteroatoms. The van der Waals surface area contributed by atoms with E-state index in [2.05, 4.69) is 23.5 Å². The minimum atomic E-state index is 0.727. The van der Waals surface area contributed by atoms with Crippen LogP contribution in [0.1, 0.15) is 36.3 Å². The van der Waals surface area contributed by atoms with Gasteiger partial charge in [-0.25, -0.2) is 5.32 Å². The lowest BCUT2D eigenvalue weighted by molar-refractivity contribution is 0.288. The molecule has 0 aliphatic carbocycles. The molecule has 2 aliphatic heterocycles. The maximum atomic E-state index is 5.65. The highest BCUT2D eigenvalue weighted by Gasteiger charge is 2.18. The van der Waals surface area contributed by atoms with Crippen LogP contribution in [-0.4, -0.2) is 19.7 Å². The molecule has 1 saturated heterocycles. The molecule has 1 radical (unpaired) electrons. The largest absolute Gasteiger partial charge is 0.493 e. The van der Waals surface area contributed by atoms with Gasteiger partial charge >= 0.3 is 0 Å². The highest BCUT2D eigenvalue weighted by Crippen LogP contribution is 2.31. The van der Waals surface area contributed by atoms with Gasteiger partial charge in [0.05, 0.1) is 6.61 Å². The van der Waals surface area contributed by atoms with Crippen molar-refractivity contribution in [1.82, 2.24) is 5.32 Å². The molecule has 0 spiro atoms. The van der Waals surface area contributed by atoms with Crippen LogP contribution in [0.3, 0.4) is 0 Å². The molecular weight excluding hydrogens is 198 g/mol. The Labute approximate surface area is 97.0 Å². The maximum absolute atomic E-state index is 5.65. The lowest BCUT2D eigenvalue weighted by Gasteiger charge is -2.24. The minimum Gasteiger partial charge on any atom is -0.493 e. The highest BCUT2D eigenvalue weighted by atomic mass is 16.5. The van der Waals surface area contributed by atoms with Crippen molar-refractivity contribution in [3.63, 3.8) is 0 Å². The lowest BCUT2D eigenvalue weighted by atomic mass is 9.88. The van der Waals surface area contributed by atoms with Crippen LogP contribution in [0.25, 0.3) is 0 Å². The number of piperidine rings is 1. The van der Waals surface area contributed by atoms with Crippen LogP contribution < -0.4 is 10.1 Å². The number of fused-ring (bicyclic) bond motifs is 1. The molecule has 1 aromatic carbocycles. The molecular formula is C14H18NO. The molecule has 2 aliphatic rings. The molecule has 0 saturated carbocycles. The minimum absolute atomic E-state index is 0.727. The second-order valence-electron chi connectivity index (χ2n) is 4.76. The molecule has 1 fully saturated rings. The van der Waals surface area contributed by atoms with Crippen molar-refractivity contribution in [2.45, 2.75) is 31.6 Å². The van der Waals surface area contributed by atoms with Gasteiger partial charge in [0.15, 0.2) is 0 Å². The Bertz CT molecular complexity index is 369. The van der Waals surface area contributed by atoms with Crippen LogP contribution in [-0.2, 0) is 6.42 Å². The average molecular weight is 216 g/mol. The van der Waals surface area contributed by atoms with E-state index in [1.54, 1.807) is 0 Å². The zero-order chi connectivity index (χ0) is 10.8. The first-order valence-corrected chi connectivity index (χ1v) is 6.32. The van der Waals surface area contributed by atoms with E-state index in [1.807, 2.05) is 0 Å². The number of ether oxygens (including phenoxy) is 1. The smallest absolute Gasteiger partial charge is 0.122 e. The van der Waals surface area contributed by atoms with E-state index in [0.717, 1.165) is 37.8 Å². The summed E-state index contributed by atoms with van der Waals surface area (Å²) < 4.78 is 5.65. The van der Waals surface area contributed by atoms with Gasteiger partial charge in [0.25, 0.3) is 0 Å². The third-order valence-electron chi connectivity index (χ3n) is 3.68. The van der Waals surface area contributed by atoms with Gasteiger partial charge in [0, 0.05) is 13.1 Å². The molecule has 2 heterocycles. The molecule has 16 heavy (non-hydrogen) atoms. The Balaban J connectivity index is 1.84. The lowest BCUT2D eigenvalue weighted by Crippen LogP contribution is -2.21. The molecule has 0 amide bonds. The van der Waals surface area contributed by atoms with Gasteiger partial charge in [0.1, 0.15) is 5.75 Å². The Kier molecular flexibility index (Phi) is 2.83. The highest BCUT2D eigenvalue weighted by molar-refractivity contribution is 5.39. The zero-order valence-corrected chi connectivity index (χ0v) is 9.61. The van der Waals surface area contributed by atoms with Crippen molar-refractivity contribution in [3.05, 3.63) is 29.3 Å². The van der Waals surface area contributed by atoms with E-state index in [9.17, 15) is 0 Å². The Morgan fingerprint density at radius 3 is 2.94 bits per heavy atom. The van der Waals surface area contributed by atoms with Gasteiger partial charge in [-0.2, -0.15) is 0 Å². The Morgan fingerprint density at radius 1 is 1.19 bits per heavy atom. The molecule has 85 valence electrons. The number of rotatable bonds is 1. The molecule has 0 aromatic heterocycles. The van der Waals surface area contributed by atoms with Crippen LogP contribution in [0.5, 0.6) is 5.75 Å². The van der Waals surface area contributed by atoms with Crippen LogP contribution in [0.15, 0.2) is 18.2 Å². The van der Waals surface area contributed by atoms with E-state index in [-0.39, 0.29) is 0 Å². The van der Waals surface area contributed by atoms with Gasteiger partial charge in [-0.15, -0.1) is 0 Å². The topological polar surface area (TPSA) is 23.3 Å². The summed E-state index contributed by atoms with van der Waals surface area (Å²) in [4.78, 5) is 0. The van der Waals surface area contributed by atoms with Gasteiger partial charge in [-0.05, 0) is 48.8 Å². The first kappa shape index (κ1) is 10.2. The van der Waals surface area contributed by atoms with Crippen molar-refractivity contribution in [1.29, 1.82) is 0 Å². The van der Waals surface area contributed by atoms with Gasteiger partial charge in [0.2, 0.25) is 0 Å². The number of nitrogens with zero attached hydrogens (tertiary/aromatic N) is 1. The molecule has 0 bridgehead atoms. The van der Waals surface area contributed by atoms with E-state index in [4.69, 9.17) is 4.74 Å². The van der Waals surface area contributed by atoms with Gasteiger partial charge in [-0.3, -0.25) is 0 Å². The molecule has 1 aromatic rings. The van der Waals surface area contributed by atoms with E-state index in [1.165, 1.54) is 30.4 Å². The number of hydrogen-bond acceptors (Lipinski definition) is 1. The predicted octanol–water partition coefficient (Wildman–Crippen LogP) is 2.49. The summed E-state index contributed by atoms with van der Waals surface area (Å²) in [5.41, 5.74) is 2.91. The first-order valence-electron chi connectivity index (χ1n) is 6.32. The molecule has 2 nitrogen and oxygen atoms in total. The SMILES string of the molecule is c1cc2c(cc1C1CC[N]CC1)CCCO2. The third kappa shape index (κ3) is 1.94. The monoisotopic (exact) mass is 216 g/mol. The first-order chi connectivity index (χ1) is 7.93. The van der Waals surface area contributed by atoms with E-state index >= 15 is 0 Å². The second-order valence-corrected chi connectivity index (χ2v) is 4.76. The third-order valence-corrected chi connectivity index (χ3v) is 3.68. The van der Waals surface area contributed by atoms with E-state index < -0.39 is 0 Å². The van der Waals surface area contributed by atoms with Crippen molar-refractivity contribution in [2.75, 3.05) is 19.7 Å². The van der Waals surface area contributed by atoms with Crippen LogP contribution in [0, 0.1) is 0 Å². The summed E-state index contributed by atoms with van der Waals surface area (Å²) in [5.74, 6) is 1.83. The molecule has 0 unspecified atom stereocenters. The van der Waals surface area contributed by atoms with Crippen molar-refractivity contribution < 1.29 is 4.74 Å². The quantitative estimate of drug-likeness (QED) is 0.707. The predicted molar refractivity (Wildman–Crippen MR) is 64.1 cm³/mol. The standard InChI is InChI=1S/C14H18NO/c1-2-13-10-12(3-4-14(13)16-9-1)11-5-7-15-8-6-11/h3-4,10-11H,1-2,5-9H2. The fourth-order valence-electron chi connectivity index (χ4n) is 2.72. The molecule has 0 N–H and O–H groups in total. The van der Waals surface area contributed by atoms with E-state index in [0.29, 0.717) is 0 Å². The Hall–Kier alpha value is -1.02. The summed E-state index contributed by atoms with van der Waals surface area (Å²) in [5, 5.41) is 4.42. The summed E-state index contributed by atoms with van der Waals surface area (Å²) in [6.45, 7) is 2.96. The Morgan fingerprint density at radius 2 is 2.06 bits per heavy atom. The van der Waals surface area contributed by atoms with Crippen molar-refractivity contribution in [2.24, 2.45) is 0 Å². The van der Waals surface area contributed by atoms with Crippen molar-refractivity contribution in [3.8, 4) is 5.75 Å². The van der Waals surface area contributed by atoms with Crippen LogP contribution in [0.4, 0.5) is 0 Å². The number of hydrogen-bond donors (Lipinski definition) is 0. The molecule has 3 rings (SSSR count). The van der Waals surface area contributed by atoms with Crippen LogP contribution in [0.2, 0.25) is 0 Å². The number of benzene rings is 1. The summed E-state index contributed by atoms with van der Waals surface area (Å²) in [7, 11) is 0. The summed E-state index contributed by atoms with van der Waals surface area (Å²) >= 11 is 0. The van der Waals surface area contributed by atoms with Gasteiger partial charge in [-0.1, -0.05) is 12.1 Å². The average Bonchev–Trinajstić information content (AvgIpc) is 2.39. The fourth-order valence-corrected chi connectivity index (χ4v) is 2.72. The van der Waals surface area contributed by atoms with Gasteiger partial charge < -0.3 is 4.74 Å². The summed E-state index contributed by atoms with van der Waals surface area (Å²) in [6.07, 6.45) is 4.79. The number of aryl methyl sites for hydroxylation is 1. The zero-order valence-electron chi connectivity index (χ0n) is 9.61. The molecule has 0 atom stereocenters. The maximum Gasteiger partial charge on any atom is 0.122 e. The fraction of sp³-hybridized carbons (Fsp3) is 0.571.